The van der Waals surface area contributed by atoms with Crippen LogP contribution in [-0.4, -0.2) is 59.0 Å². The Labute approximate surface area is 895 Å². The zero-order chi connectivity index (χ0) is 111. The number of aromatic nitrogens is 9. The van der Waals surface area contributed by atoms with E-state index < -0.39 is 17.0 Å². The standard InChI is InChI=1S/2C14H18N2.2C13H14BrFN2.2C13H14ClFN2.C13H14F2N2.2C13H15FN2/c1-14(2,3)11-6-7-12-10(9-11)5-8-13(15-4)16-12;1-14(2,3)11-7-5-10-6-8-13(15-4)16-12(10)9-11;1-13(2,3)7-4-10(15)8-6-9(14)12(16)17-11(8)5-7;1-13(2,3)8-4-5-10-7(11(8)15)6-9(14)12(16)17-10;1-13(2,3)7-4-10(15)8-6-9(14)12(16)17-11(8)5-7;1-13(2,3)8-4-5-10-7(11(8)15)6-9(14)12(16)17-10;1-13(2,3)8-6-9-7(11(14)12(8)15)4-5-10(16)17-9;1-13(2,3)9-5-6-10-8(12(9)14)4-7-11(15)16-10;1-13(2,3)8-6-10(14)9-4-5-12(15)16-11(9)7-8/h2*5-9H,1-4H3,(H,15,16);5*4-6H,1-3H3,(H2,16,17);2*4-7H,1-3H3,(H2,15,16). The van der Waals surface area contributed by atoms with Crippen molar-refractivity contribution in [3.63, 3.8) is 0 Å². The number of nitrogens with two attached hydrogens (primary N) is 7. The lowest BCUT2D eigenvalue weighted by atomic mass is 9.86. The lowest BCUT2D eigenvalue weighted by Gasteiger charge is -2.20. The maximum atomic E-state index is 14.4. The second-order valence-corrected chi connectivity index (χ2v) is 48.3. The van der Waals surface area contributed by atoms with Gasteiger partial charge in [0.1, 0.15) is 87.3 Å². The van der Waals surface area contributed by atoms with Crippen molar-refractivity contribution >= 4 is 206 Å². The molecular weight excluding hydrogens is 2060 g/mol. The number of rotatable bonds is 2. The maximum absolute atomic E-state index is 14.4. The molecule has 0 saturated carbocycles. The molecule has 0 bridgehead atoms. The van der Waals surface area contributed by atoms with Gasteiger partial charge in [-0.05, 0) is 294 Å². The van der Waals surface area contributed by atoms with Gasteiger partial charge in [-0.2, -0.15) is 0 Å². The van der Waals surface area contributed by atoms with E-state index in [1.807, 2.05) is 202 Å². The molecule has 0 spiro atoms. The third kappa shape index (κ3) is 29.7. The highest BCUT2D eigenvalue weighted by molar-refractivity contribution is 9.11. The Hall–Kier alpha value is -13.2. The summed E-state index contributed by atoms with van der Waals surface area (Å²) in [5.41, 5.74) is 51.8. The first kappa shape index (κ1) is 118. The summed E-state index contributed by atoms with van der Waals surface area (Å²) in [5, 5.41) is 12.1. The Bertz CT molecular complexity index is 7790. The van der Waals surface area contributed by atoms with Crippen LogP contribution in [-0.2, 0) is 48.7 Å². The highest BCUT2D eigenvalue weighted by Crippen LogP contribution is 2.41. The summed E-state index contributed by atoms with van der Waals surface area (Å²) in [5.74, 6) is 0.973. The van der Waals surface area contributed by atoms with Gasteiger partial charge in [0.05, 0.1) is 68.6 Å². The number of nitrogen functional groups attached to an aromatic ring is 7. The van der Waals surface area contributed by atoms with Crippen LogP contribution in [0.3, 0.4) is 0 Å². The fourth-order valence-electron chi connectivity index (χ4n) is 15.5. The molecule has 0 fully saturated rings. The topological polar surface area (TPSA) is 322 Å². The summed E-state index contributed by atoms with van der Waals surface area (Å²) in [7, 11) is 3.78. The number of anilines is 9. The minimum Gasteiger partial charge on any atom is -0.384 e. The Morgan fingerprint density at radius 3 is 0.926 bits per heavy atom. The average molecular weight is 2200 g/mol. The highest BCUT2D eigenvalue weighted by Gasteiger charge is 2.29. The second kappa shape index (κ2) is 46.1. The van der Waals surface area contributed by atoms with E-state index in [9.17, 15) is 35.1 Å². The molecule has 0 aliphatic carbocycles. The van der Waals surface area contributed by atoms with Gasteiger partial charge in [0.25, 0.3) is 0 Å². The van der Waals surface area contributed by atoms with Crippen molar-refractivity contribution in [1.82, 2.24) is 44.9 Å². The molecule has 0 radical (unpaired) electrons. The Morgan fingerprint density at radius 2 is 0.510 bits per heavy atom. The molecule has 18 aromatic rings. The number of halogens is 12. The van der Waals surface area contributed by atoms with Crippen LogP contribution in [0.1, 0.15) is 237 Å². The molecule has 18 rings (SSSR count). The zero-order valence-corrected chi connectivity index (χ0v) is 94.8. The predicted molar refractivity (Wildman–Crippen MR) is 619 cm³/mol. The number of benzene rings is 9. The van der Waals surface area contributed by atoms with Crippen LogP contribution in [0.25, 0.3) is 98.1 Å². The van der Waals surface area contributed by atoms with Gasteiger partial charge < -0.3 is 50.8 Å². The van der Waals surface area contributed by atoms with Crippen LogP contribution in [0.4, 0.5) is 87.5 Å². The fourth-order valence-corrected chi connectivity index (χ4v) is 16.4. The van der Waals surface area contributed by atoms with Crippen LogP contribution >= 0.6 is 55.1 Å². The minimum atomic E-state index is -0.861. The maximum Gasteiger partial charge on any atom is 0.168 e. The van der Waals surface area contributed by atoms with Gasteiger partial charge in [0.15, 0.2) is 11.6 Å². The average Bonchev–Trinajstić information content (AvgIpc) is 0.752. The van der Waals surface area contributed by atoms with Crippen molar-refractivity contribution < 1.29 is 35.1 Å². The summed E-state index contributed by atoms with van der Waals surface area (Å²) < 4.78 is 114. The number of hydrogen-bond donors (Lipinski definition) is 9. The number of fused-ring (bicyclic) bond motifs is 9. The molecule has 0 aliphatic heterocycles. The van der Waals surface area contributed by atoms with Crippen molar-refractivity contribution in [1.29, 1.82) is 0 Å². The molecule has 9 aromatic heterocycles. The SMILES string of the molecule is CC(C)(C)c1cc(F)c2cc(Br)c(N)nc2c1.CC(C)(C)c1cc(F)c2cc(Cl)c(N)nc2c1.CC(C)(C)c1cc(F)c2ccc(N)nc2c1.CC(C)(C)c1cc2nc(N)ccc2c(F)c1F.CC(C)(C)c1ccc2nc(N)c(Br)cc2c1F.CC(C)(C)c1ccc2nc(N)c(Cl)cc2c1F.CC(C)(C)c1ccc2nc(N)ccc2c1F.CNc1ccc2cc(C(C)(C)C)ccc2n1.CNc1ccc2ccc(C(C)(C)C)cc2n1. The number of nitrogens with one attached hydrogen (secondary N) is 2. The fraction of sp³-hybridized carbons (Fsp3) is 0.319. The Balaban J connectivity index is 0.000000171. The third-order valence-electron chi connectivity index (χ3n) is 24.5. The van der Waals surface area contributed by atoms with E-state index in [4.69, 9.17) is 63.3 Å². The molecular formula is C119H136Br2Cl2F8N18. The Kier molecular flexibility index (Phi) is 36.5. The van der Waals surface area contributed by atoms with Crippen LogP contribution in [0.2, 0.25) is 10.0 Å². The summed E-state index contributed by atoms with van der Waals surface area (Å²) >= 11 is 18.2. The molecule has 0 aliphatic rings. The van der Waals surface area contributed by atoms with Crippen molar-refractivity contribution in [2.24, 2.45) is 0 Å². The van der Waals surface area contributed by atoms with E-state index in [2.05, 4.69) is 177 Å². The quantitative estimate of drug-likeness (QED) is 0.0726. The zero-order valence-electron chi connectivity index (χ0n) is 90.2. The second-order valence-electron chi connectivity index (χ2n) is 45.8. The molecule has 16 N–H and O–H groups in total. The van der Waals surface area contributed by atoms with Crippen LogP contribution in [0, 0.1) is 46.5 Å². The van der Waals surface area contributed by atoms with E-state index in [-0.39, 0.29) is 105 Å². The first-order valence-corrected chi connectivity index (χ1v) is 50.8. The van der Waals surface area contributed by atoms with Gasteiger partial charge in [-0.3, -0.25) is 0 Å². The van der Waals surface area contributed by atoms with Crippen molar-refractivity contribution in [2.75, 3.05) is 64.9 Å². The van der Waals surface area contributed by atoms with E-state index in [0.29, 0.717) is 131 Å². The molecule has 30 heteroatoms. The molecule has 149 heavy (non-hydrogen) atoms. The normalized spacial score (nSPS) is 12.0. The smallest absolute Gasteiger partial charge is 0.168 e. The monoisotopic (exact) mass is 2200 g/mol. The molecule has 786 valence electrons. The lowest BCUT2D eigenvalue weighted by Crippen LogP contribution is -2.15. The molecule has 0 saturated heterocycles. The number of nitrogens with zero attached hydrogens (tertiary/aromatic N) is 9. The van der Waals surface area contributed by atoms with Gasteiger partial charge in [0, 0.05) is 62.6 Å². The molecule has 18 nitrogen and oxygen atoms in total. The van der Waals surface area contributed by atoms with Gasteiger partial charge in [0.2, 0.25) is 0 Å². The Morgan fingerprint density at radius 1 is 0.221 bits per heavy atom. The van der Waals surface area contributed by atoms with E-state index in [1.165, 1.54) is 52.2 Å². The van der Waals surface area contributed by atoms with Gasteiger partial charge >= 0.3 is 0 Å². The summed E-state index contributed by atoms with van der Waals surface area (Å²) in [6.07, 6.45) is 0. The molecule has 0 atom stereocenters. The molecule has 9 heterocycles. The molecule has 0 unspecified atom stereocenters. The largest absolute Gasteiger partial charge is 0.384 e. The minimum absolute atomic E-state index is 0.0959. The summed E-state index contributed by atoms with van der Waals surface area (Å²) in [4.78, 5) is 37.9. The van der Waals surface area contributed by atoms with Crippen molar-refractivity contribution in [3.05, 3.63) is 316 Å². The number of pyridine rings is 9. The first-order valence-electron chi connectivity index (χ1n) is 48.4. The summed E-state index contributed by atoms with van der Waals surface area (Å²) in [6.45, 7) is 54.9. The van der Waals surface area contributed by atoms with Crippen LogP contribution < -0.4 is 50.8 Å². The highest BCUT2D eigenvalue weighted by atomic mass is 79.9. The van der Waals surface area contributed by atoms with Crippen LogP contribution in [0.5, 0.6) is 0 Å². The predicted octanol–water partition coefficient (Wildman–Crippen LogP) is 32.9. The van der Waals surface area contributed by atoms with Gasteiger partial charge in [-0.15, -0.1) is 0 Å². The van der Waals surface area contributed by atoms with Crippen molar-refractivity contribution in [3.8, 4) is 0 Å². The van der Waals surface area contributed by atoms with E-state index >= 15 is 0 Å². The van der Waals surface area contributed by atoms with Gasteiger partial charge in [-0.1, -0.05) is 247 Å². The summed E-state index contributed by atoms with van der Waals surface area (Å²) in [6, 6.07) is 59.6. The first-order chi connectivity index (χ1) is 68.8. The molecule has 0 amide bonds. The lowest BCUT2D eigenvalue weighted by molar-refractivity contribution is 0.471. The van der Waals surface area contributed by atoms with Crippen molar-refractivity contribution in [2.45, 2.75) is 236 Å². The third-order valence-corrected chi connectivity index (χ3v) is 26.4. The number of hydrogen-bond acceptors (Lipinski definition) is 18. The molecule has 9 aromatic carbocycles. The van der Waals surface area contributed by atoms with Gasteiger partial charge in [-0.25, -0.2) is 80.0 Å². The van der Waals surface area contributed by atoms with E-state index in [1.54, 1.807) is 78.9 Å². The van der Waals surface area contributed by atoms with Crippen LogP contribution in [0.15, 0.2) is 209 Å². The van der Waals surface area contributed by atoms with E-state index in [0.717, 1.165) is 39.4 Å².